The fraction of sp³-hybridized carbons (Fsp3) is 1.00. The second-order valence-electron chi connectivity index (χ2n) is 7.40. The molecule has 2 aliphatic heterocycles. The Morgan fingerprint density at radius 1 is 1.00 bits per heavy atom. The van der Waals surface area contributed by atoms with Crippen LogP contribution in [0.3, 0.4) is 0 Å². The van der Waals surface area contributed by atoms with Gasteiger partial charge in [-0.3, -0.25) is 9.80 Å². The van der Waals surface area contributed by atoms with Crippen LogP contribution >= 0.6 is 0 Å². The molecule has 0 N–H and O–H groups in total. The maximum absolute atomic E-state index is 14.5. The van der Waals surface area contributed by atoms with Crippen molar-refractivity contribution < 1.29 is 8.78 Å². The Morgan fingerprint density at radius 3 is 2.23 bits per heavy atom. The zero-order chi connectivity index (χ0) is 16.2. The first-order valence-electron chi connectivity index (χ1n) is 8.99. The fourth-order valence-corrected chi connectivity index (χ4v) is 3.69. The van der Waals surface area contributed by atoms with Gasteiger partial charge < -0.3 is 4.90 Å². The van der Waals surface area contributed by atoms with E-state index in [1.807, 2.05) is 4.90 Å². The molecule has 0 aromatic heterocycles. The van der Waals surface area contributed by atoms with Crippen LogP contribution in [0.15, 0.2) is 0 Å². The van der Waals surface area contributed by atoms with E-state index in [0.29, 0.717) is 12.3 Å². The second-order valence-corrected chi connectivity index (χ2v) is 7.40. The van der Waals surface area contributed by atoms with Crippen LogP contribution in [0.25, 0.3) is 0 Å². The van der Waals surface area contributed by atoms with Gasteiger partial charge in [-0.25, -0.2) is 8.78 Å². The van der Waals surface area contributed by atoms with Crippen LogP contribution in [0.1, 0.15) is 40.0 Å². The molecule has 0 spiro atoms. The highest BCUT2D eigenvalue weighted by Gasteiger charge is 2.47. The molecule has 0 saturated carbocycles. The molecule has 0 radical (unpaired) electrons. The smallest absolute Gasteiger partial charge is 0.275 e. The van der Waals surface area contributed by atoms with E-state index >= 15 is 0 Å². The summed E-state index contributed by atoms with van der Waals surface area (Å²) < 4.78 is 29.0. The molecular formula is C17H33F2N3. The van der Waals surface area contributed by atoms with Crippen molar-refractivity contribution in [3.8, 4) is 0 Å². The largest absolute Gasteiger partial charge is 0.301 e. The first-order valence-corrected chi connectivity index (χ1v) is 8.99. The van der Waals surface area contributed by atoms with Gasteiger partial charge in [0.25, 0.3) is 5.92 Å². The van der Waals surface area contributed by atoms with Crippen LogP contribution < -0.4 is 0 Å². The van der Waals surface area contributed by atoms with Crippen molar-refractivity contribution in [2.45, 2.75) is 52.0 Å². The molecular weight excluding hydrogens is 284 g/mol. The molecule has 0 aromatic carbocycles. The summed E-state index contributed by atoms with van der Waals surface area (Å²) in [6, 6.07) is -0.548. The van der Waals surface area contributed by atoms with Crippen LogP contribution in [-0.4, -0.2) is 79.0 Å². The lowest BCUT2D eigenvalue weighted by molar-refractivity contribution is -0.133. The first kappa shape index (κ1) is 18.1. The molecule has 2 aliphatic rings. The molecule has 0 amide bonds. The normalized spacial score (nSPS) is 28.4. The Labute approximate surface area is 134 Å². The molecule has 0 bridgehead atoms. The summed E-state index contributed by atoms with van der Waals surface area (Å²) in [6.45, 7) is 12.7. The van der Waals surface area contributed by atoms with Gasteiger partial charge in [0.2, 0.25) is 0 Å². The first-order chi connectivity index (χ1) is 10.4. The van der Waals surface area contributed by atoms with Crippen molar-refractivity contribution in [2.24, 2.45) is 5.92 Å². The van der Waals surface area contributed by atoms with Crippen LogP contribution in [0, 0.1) is 5.92 Å². The van der Waals surface area contributed by atoms with Gasteiger partial charge >= 0.3 is 0 Å². The van der Waals surface area contributed by atoms with Gasteiger partial charge in [0.1, 0.15) is 0 Å². The summed E-state index contributed by atoms with van der Waals surface area (Å²) in [4.78, 5) is 6.41. The van der Waals surface area contributed by atoms with Crippen molar-refractivity contribution in [1.29, 1.82) is 0 Å². The minimum Gasteiger partial charge on any atom is -0.301 e. The van der Waals surface area contributed by atoms with Gasteiger partial charge in [-0.2, -0.15) is 0 Å². The molecule has 130 valence electrons. The highest BCUT2D eigenvalue weighted by molar-refractivity contribution is 4.94. The molecule has 0 aliphatic carbocycles. The number of hydrogen-bond donors (Lipinski definition) is 0. The molecule has 3 nitrogen and oxygen atoms in total. The fourth-order valence-electron chi connectivity index (χ4n) is 3.69. The van der Waals surface area contributed by atoms with Crippen LogP contribution in [0.5, 0.6) is 0 Å². The summed E-state index contributed by atoms with van der Waals surface area (Å²) in [5.41, 5.74) is 0. The summed E-state index contributed by atoms with van der Waals surface area (Å²) in [5, 5.41) is 0. The van der Waals surface area contributed by atoms with Gasteiger partial charge in [-0.05, 0) is 38.3 Å². The summed E-state index contributed by atoms with van der Waals surface area (Å²) in [7, 11) is 0. The molecule has 1 atom stereocenters. The summed E-state index contributed by atoms with van der Waals surface area (Å²) in [5.74, 6) is -1.85. The van der Waals surface area contributed by atoms with E-state index in [0.717, 1.165) is 52.2 Å². The number of rotatable bonds is 6. The molecule has 2 fully saturated rings. The lowest BCUT2D eigenvalue weighted by Crippen LogP contribution is -2.61. The quantitative estimate of drug-likeness (QED) is 0.746. The van der Waals surface area contributed by atoms with E-state index in [-0.39, 0.29) is 6.54 Å². The van der Waals surface area contributed by atoms with Gasteiger partial charge in [0, 0.05) is 32.7 Å². The average molecular weight is 317 g/mol. The molecule has 2 heterocycles. The predicted molar refractivity (Wildman–Crippen MR) is 87.6 cm³/mol. The van der Waals surface area contributed by atoms with Crippen molar-refractivity contribution in [3.05, 3.63) is 0 Å². The second kappa shape index (κ2) is 8.02. The highest BCUT2D eigenvalue weighted by atomic mass is 19.3. The molecule has 22 heavy (non-hydrogen) atoms. The SMILES string of the molecule is CCCN1CCC(N2CCN(CCC(C)C)CC2)C(F)(F)C1. The van der Waals surface area contributed by atoms with E-state index in [9.17, 15) is 8.78 Å². The van der Waals surface area contributed by atoms with E-state index in [1.165, 1.54) is 6.42 Å². The standard InChI is InChI=1S/C17H33F2N3/c1-4-7-21-9-6-16(17(18,19)14-21)22-12-10-20(11-13-22)8-5-15(2)3/h15-16H,4-14H2,1-3H3. The van der Waals surface area contributed by atoms with Gasteiger partial charge in [-0.1, -0.05) is 20.8 Å². The highest BCUT2D eigenvalue weighted by Crippen LogP contribution is 2.32. The molecule has 0 aromatic rings. The number of piperidine rings is 1. The summed E-state index contributed by atoms with van der Waals surface area (Å²) >= 11 is 0. The Morgan fingerprint density at radius 2 is 1.68 bits per heavy atom. The number of hydrogen-bond acceptors (Lipinski definition) is 3. The third-order valence-electron chi connectivity index (χ3n) is 5.05. The van der Waals surface area contributed by atoms with E-state index in [4.69, 9.17) is 0 Å². The number of likely N-dealkylation sites (tertiary alicyclic amines) is 1. The zero-order valence-electron chi connectivity index (χ0n) is 14.5. The monoisotopic (exact) mass is 317 g/mol. The Balaban J connectivity index is 1.81. The average Bonchev–Trinajstić information content (AvgIpc) is 2.45. The van der Waals surface area contributed by atoms with Gasteiger partial charge in [-0.15, -0.1) is 0 Å². The number of nitrogens with zero attached hydrogens (tertiary/aromatic N) is 3. The van der Waals surface area contributed by atoms with Gasteiger partial charge in [0.05, 0.1) is 12.6 Å². The van der Waals surface area contributed by atoms with E-state index in [2.05, 4.69) is 30.6 Å². The van der Waals surface area contributed by atoms with E-state index < -0.39 is 12.0 Å². The van der Waals surface area contributed by atoms with Crippen LogP contribution in [0.4, 0.5) is 8.78 Å². The zero-order valence-corrected chi connectivity index (χ0v) is 14.5. The maximum Gasteiger partial charge on any atom is 0.275 e. The summed E-state index contributed by atoms with van der Waals surface area (Å²) in [6.07, 6.45) is 2.76. The Bertz CT molecular complexity index is 328. The molecule has 2 rings (SSSR count). The van der Waals surface area contributed by atoms with Crippen LogP contribution in [-0.2, 0) is 0 Å². The molecule has 5 heteroatoms. The van der Waals surface area contributed by atoms with Gasteiger partial charge in [0.15, 0.2) is 0 Å². The number of alkyl halides is 2. The van der Waals surface area contributed by atoms with Crippen molar-refractivity contribution >= 4 is 0 Å². The predicted octanol–water partition coefficient (Wildman–Crippen LogP) is 2.77. The minimum absolute atomic E-state index is 0.0565. The molecule has 1 unspecified atom stereocenters. The van der Waals surface area contributed by atoms with Crippen molar-refractivity contribution in [3.63, 3.8) is 0 Å². The lowest BCUT2D eigenvalue weighted by Gasteiger charge is -2.46. The van der Waals surface area contributed by atoms with Crippen molar-refractivity contribution in [1.82, 2.24) is 14.7 Å². The third-order valence-corrected chi connectivity index (χ3v) is 5.05. The Hall–Kier alpha value is -0.260. The van der Waals surface area contributed by atoms with Crippen molar-refractivity contribution in [2.75, 3.05) is 52.4 Å². The molecule has 2 saturated heterocycles. The maximum atomic E-state index is 14.5. The third kappa shape index (κ3) is 4.87. The topological polar surface area (TPSA) is 9.72 Å². The number of halogens is 2. The minimum atomic E-state index is -2.56. The van der Waals surface area contributed by atoms with Crippen LogP contribution in [0.2, 0.25) is 0 Å². The lowest BCUT2D eigenvalue weighted by atomic mass is 9.98. The number of piperazine rings is 1. The Kier molecular flexibility index (Phi) is 6.59. The van der Waals surface area contributed by atoms with E-state index in [1.54, 1.807) is 0 Å².